The summed E-state index contributed by atoms with van der Waals surface area (Å²) in [7, 11) is 0. The maximum atomic E-state index is 13.6. The predicted octanol–water partition coefficient (Wildman–Crippen LogP) is 4.62. The fourth-order valence-corrected chi connectivity index (χ4v) is 3.00. The SMILES string of the molecule is Cc1ccc(C)c(Nc2ncnc3c2c(C)nn3-c2cccc(F)c2)c1. The third-order valence-corrected chi connectivity index (χ3v) is 4.34. The zero-order valence-corrected chi connectivity index (χ0v) is 14.8. The second kappa shape index (κ2) is 6.22. The van der Waals surface area contributed by atoms with Crippen molar-refractivity contribution in [2.75, 3.05) is 5.32 Å². The van der Waals surface area contributed by atoms with Gasteiger partial charge in [-0.25, -0.2) is 19.0 Å². The van der Waals surface area contributed by atoms with Gasteiger partial charge in [0.15, 0.2) is 5.65 Å². The molecule has 0 fully saturated rings. The van der Waals surface area contributed by atoms with E-state index in [0.29, 0.717) is 17.2 Å². The summed E-state index contributed by atoms with van der Waals surface area (Å²) in [6, 6.07) is 12.5. The second-order valence-electron chi connectivity index (χ2n) is 6.34. The Hall–Kier alpha value is -3.28. The molecule has 0 saturated carbocycles. The minimum Gasteiger partial charge on any atom is -0.339 e. The molecular formula is C20H18FN5. The molecule has 2 heterocycles. The van der Waals surface area contributed by atoms with E-state index in [1.807, 2.05) is 20.8 Å². The summed E-state index contributed by atoms with van der Waals surface area (Å²) in [5.41, 5.74) is 5.31. The molecule has 4 aromatic rings. The van der Waals surface area contributed by atoms with Gasteiger partial charge in [-0.05, 0) is 56.2 Å². The van der Waals surface area contributed by atoms with E-state index in [0.717, 1.165) is 27.9 Å². The van der Waals surface area contributed by atoms with Gasteiger partial charge in [0.05, 0.1) is 16.8 Å². The highest BCUT2D eigenvalue weighted by atomic mass is 19.1. The van der Waals surface area contributed by atoms with Crippen molar-refractivity contribution in [3.63, 3.8) is 0 Å². The van der Waals surface area contributed by atoms with Gasteiger partial charge in [-0.1, -0.05) is 18.2 Å². The van der Waals surface area contributed by atoms with Crippen molar-refractivity contribution in [2.45, 2.75) is 20.8 Å². The van der Waals surface area contributed by atoms with Gasteiger partial charge in [0, 0.05) is 5.69 Å². The van der Waals surface area contributed by atoms with E-state index in [2.05, 4.69) is 38.6 Å². The van der Waals surface area contributed by atoms with Crippen LogP contribution in [0.2, 0.25) is 0 Å². The molecule has 6 heteroatoms. The van der Waals surface area contributed by atoms with Crippen molar-refractivity contribution in [1.82, 2.24) is 19.7 Å². The molecule has 5 nitrogen and oxygen atoms in total. The molecule has 0 amide bonds. The largest absolute Gasteiger partial charge is 0.339 e. The number of rotatable bonds is 3. The van der Waals surface area contributed by atoms with Gasteiger partial charge < -0.3 is 5.32 Å². The molecule has 0 bridgehead atoms. The molecule has 0 aliphatic carbocycles. The fourth-order valence-electron chi connectivity index (χ4n) is 3.00. The molecule has 0 radical (unpaired) electrons. The van der Waals surface area contributed by atoms with Crippen molar-refractivity contribution in [2.24, 2.45) is 0 Å². The summed E-state index contributed by atoms with van der Waals surface area (Å²) < 4.78 is 15.3. The third-order valence-electron chi connectivity index (χ3n) is 4.34. The van der Waals surface area contributed by atoms with Crippen LogP contribution < -0.4 is 5.32 Å². The summed E-state index contributed by atoms with van der Waals surface area (Å²) in [5, 5.41) is 8.76. The molecule has 130 valence electrons. The molecule has 4 rings (SSSR count). The highest BCUT2D eigenvalue weighted by Gasteiger charge is 2.16. The van der Waals surface area contributed by atoms with Crippen LogP contribution in [0.4, 0.5) is 15.9 Å². The maximum absolute atomic E-state index is 13.6. The van der Waals surface area contributed by atoms with Crippen molar-refractivity contribution < 1.29 is 4.39 Å². The number of aryl methyl sites for hydroxylation is 3. The Labute approximate surface area is 150 Å². The van der Waals surface area contributed by atoms with E-state index >= 15 is 0 Å². The molecule has 0 aliphatic heterocycles. The fraction of sp³-hybridized carbons (Fsp3) is 0.150. The number of fused-ring (bicyclic) bond motifs is 1. The van der Waals surface area contributed by atoms with Crippen LogP contribution in [-0.4, -0.2) is 19.7 Å². The lowest BCUT2D eigenvalue weighted by Crippen LogP contribution is -2.00. The summed E-state index contributed by atoms with van der Waals surface area (Å²) >= 11 is 0. The minimum absolute atomic E-state index is 0.313. The number of halogens is 1. The number of nitrogens with zero attached hydrogens (tertiary/aromatic N) is 4. The summed E-state index contributed by atoms with van der Waals surface area (Å²) in [6.07, 6.45) is 1.49. The Balaban J connectivity index is 1.86. The van der Waals surface area contributed by atoms with Crippen LogP contribution in [0, 0.1) is 26.6 Å². The van der Waals surface area contributed by atoms with E-state index in [-0.39, 0.29) is 5.82 Å². The first kappa shape index (κ1) is 16.2. The normalized spacial score (nSPS) is 11.1. The Morgan fingerprint density at radius 3 is 2.65 bits per heavy atom. The Kier molecular flexibility index (Phi) is 3.88. The summed E-state index contributed by atoms with van der Waals surface area (Å²) in [5.74, 6) is 0.371. The highest BCUT2D eigenvalue weighted by Crippen LogP contribution is 2.29. The second-order valence-corrected chi connectivity index (χ2v) is 6.34. The predicted molar refractivity (Wildman–Crippen MR) is 101 cm³/mol. The van der Waals surface area contributed by atoms with Gasteiger partial charge >= 0.3 is 0 Å². The smallest absolute Gasteiger partial charge is 0.168 e. The van der Waals surface area contributed by atoms with Crippen molar-refractivity contribution >= 4 is 22.5 Å². The number of hydrogen-bond donors (Lipinski definition) is 1. The van der Waals surface area contributed by atoms with E-state index in [9.17, 15) is 4.39 Å². The molecule has 2 aromatic heterocycles. The van der Waals surface area contributed by atoms with Gasteiger partial charge in [0.25, 0.3) is 0 Å². The van der Waals surface area contributed by atoms with Gasteiger partial charge in [0.2, 0.25) is 0 Å². The van der Waals surface area contributed by atoms with Crippen molar-refractivity contribution in [3.8, 4) is 5.69 Å². The van der Waals surface area contributed by atoms with Crippen LogP contribution in [0.5, 0.6) is 0 Å². The monoisotopic (exact) mass is 347 g/mol. The lowest BCUT2D eigenvalue weighted by atomic mass is 10.1. The van der Waals surface area contributed by atoms with Gasteiger partial charge in [-0.3, -0.25) is 0 Å². The van der Waals surface area contributed by atoms with E-state index in [1.54, 1.807) is 16.8 Å². The van der Waals surface area contributed by atoms with Crippen LogP contribution in [0.15, 0.2) is 48.8 Å². The molecule has 1 N–H and O–H groups in total. The first-order valence-electron chi connectivity index (χ1n) is 8.33. The van der Waals surface area contributed by atoms with E-state index in [4.69, 9.17) is 0 Å². The van der Waals surface area contributed by atoms with Crippen LogP contribution in [0.1, 0.15) is 16.8 Å². The Morgan fingerprint density at radius 1 is 1.00 bits per heavy atom. The van der Waals surface area contributed by atoms with E-state index < -0.39 is 0 Å². The first-order valence-corrected chi connectivity index (χ1v) is 8.33. The van der Waals surface area contributed by atoms with Crippen molar-refractivity contribution in [1.29, 1.82) is 0 Å². The van der Waals surface area contributed by atoms with Crippen LogP contribution in [-0.2, 0) is 0 Å². The number of nitrogens with one attached hydrogen (secondary N) is 1. The Morgan fingerprint density at radius 2 is 1.85 bits per heavy atom. The van der Waals surface area contributed by atoms with Crippen LogP contribution in [0.3, 0.4) is 0 Å². The summed E-state index contributed by atoms with van der Waals surface area (Å²) in [4.78, 5) is 8.79. The molecule has 26 heavy (non-hydrogen) atoms. The average molecular weight is 347 g/mol. The zero-order valence-electron chi connectivity index (χ0n) is 14.8. The topological polar surface area (TPSA) is 55.6 Å². The number of anilines is 2. The molecule has 0 unspecified atom stereocenters. The minimum atomic E-state index is -0.313. The zero-order chi connectivity index (χ0) is 18.3. The van der Waals surface area contributed by atoms with Gasteiger partial charge in [0.1, 0.15) is 18.0 Å². The number of benzene rings is 2. The molecule has 0 spiro atoms. The van der Waals surface area contributed by atoms with Crippen molar-refractivity contribution in [3.05, 3.63) is 71.4 Å². The lowest BCUT2D eigenvalue weighted by molar-refractivity contribution is 0.625. The molecule has 0 atom stereocenters. The molecule has 0 aliphatic rings. The maximum Gasteiger partial charge on any atom is 0.168 e. The van der Waals surface area contributed by atoms with Crippen LogP contribution in [0.25, 0.3) is 16.7 Å². The standard InChI is InChI=1S/C20H18FN5/c1-12-7-8-13(2)17(9-12)24-19-18-14(3)25-26(20(18)23-11-22-19)16-6-4-5-15(21)10-16/h4-11H,1-3H3,(H,22,23,24). The molecule has 0 saturated heterocycles. The van der Waals surface area contributed by atoms with E-state index in [1.165, 1.54) is 18.5 Å². The first-order chi connectivity index (χ1) is 12.5. The number of aromatic nitrogens is 4. The summed E-state index contributed by atoms with van der Waals surface area (Å²) in [6.45, 7) is 5.99. The highest BCUT2D eigenvalue weighted by molar-refractivity contribution is 5.92. The quantitative estimate of drug-likeness (QED) is 0.587. The Bertz CT molecular complexity index is 1120. The van der Waals surface area contributed by atoms with Crippen LogP contribution >= 0.6 is 0 Å². The average Bonchev–Trinajstić information content (AvgIpc) is 2.96. The molecular weight excluding hydrogens is 329 g/mol. The van der Waals surface area contributed by atoms with Gasteiger partial charge in [-0.2, -0.15) is 5.10 Å². The third kappa shape index (κ3) is 2.79. The number of hydrogen-bond acceptors (Lipinski definition) is 4. The molecule has 2 aromatic carbocycles. The van der Waals surface area contributed by atoms with Gasteiger partial charge in [-0.15, -0.1) is 0 Å². The lowest BCUT2D eigenvalue weighted by Gasteiger charge is -2.11.